The Morgan fingerprint density at radius 2 is 1.86 bits per heavy atom. The third-order valence-corrected chi connectivity index (χ3v) is 6.72. The van der Waals surface area contributed by atoms with E-state index in [2.05, 4.69) is 13.8 Å². The van der Waals surface area contributed by atoms with Crippen molar-refractivity contribution in [2.75, 3.05) is 6.54 Å². The number of sulfonamides is 1. The molecule has 1 saturated heterocycles. The number of nitrogens with zero attached hydrogens (tertiary/aromatic N) is 1. The molecule has 1 aromatic carbocycles. The van der Waals surface area contributed by atoms with E-state index in [4.69, 9.17) is 5.11 Å². The SMILES string of the molecule is CC1(C)C[C@H]2C[C@H](C1)N(S(=O)(=O)c1ccc(C(=O)O)cc1)C2. The number of carboxylic acid groups (broad SMARTS) is 1. The van der Waals surface area contributed by atoms with Crippen molar-refractivity contribution in [3.63, 3.8) is 0 Å². The topological polar surface area (TPSA) is 74.7 Å². The normalized spacial score (nSPS) is 27.7. The van der Waals surface area contributed by atoms with Gasteiger partial charge in [-0.25, -0.2) is 13.2 Å². The number of hydrogen-bond acceptors (Lipinski definition) is 3. The lowest BCUT2D eigenvalue weighted by atomic mass is 9.72. The molecule has 0 spiro atoms. The van der Waals surface area contributed by atoms with Crippen LogP contribution >= 0.6 is 0 Å². The summed E-state index contributed by atoms with van der Waals surface area (Å²) in [4.78, 5) is 11.1. The molecule has 1 aliphatic carbocycles. The van der Waals surface area contributed by atoms with Crippen molar-refractivity contribution in [2.45, 2.75) is 44.0 Å². The summed E-state index contributed by atoms with van der Waals surface area (Å²) in [6.45, 7) is 4.98. The summed E-state index contributed by atoms with van der Waals surface area (Å²) in [7, 11) is -3.55. The maximum absolute atomic E-state index is 12.8. The predicted molar refractivity (Wildman–Crippen MR) is 82.2 cm³/mol. The lowest BCUT2D eigenvalue weighted by Gasteiger charge is -2.34. The summed E-state index contributed by atoms with van der Waals surface area (Å²) >= 11 is 0. The largest absolute Gasteiger partial charge is 0.478 e. The zero-order valence-electron chi connectivity index (χ0n) is 12.8. The molecule has 6 heteroatoms. The van der Waals surface area contributed by atoms with Crippen LogP contribution in [0.3, 0.4) is 0 Å². The first-order valence-corrected chi connectivity index (χ1v) is 8.98. The van der Waals surface area contributed by atoms with Crippen LogP contribution in [0.1, 0.15) is 43.5 Å². The number of aromatic carboxylic acids is 1. The van der Waals surface area contributed by atoms with Gasteiger partial charge in [-0.15, -0.1) is 0 Å². The van der Waals surface area contributed by atoms with E-state index in [0.29, 0.717) is 12.5 Å². The van der Waals surface area contributed by atoms with Crippen LogP contribution in [0.2, 0.25) is 0 Å². The van der Waals surface area contributed by atoms with E-state index in [0.717, 1.165) is 19.3 Å². The van der Waals surface area contributed by atoms with E-state index < -0.39 is 16.0 Å². The van der Waals surface area contributed by atoms with Crippen molar-refractivity contribution in [3.05, 3.63) is 29.8 Å². The smallest absolute Gasteiger partial charge is 0.335 e. The van der Waals surface area contributed by atoms with Crippen LogP contribution in [0, 0.1) is 11.3 Å². The third-order valence-electron chi connectivity index (χ3n) is 4.79. The lowest BCUT2D eigenvalue weighted by Crippen LogP contribution is -2.37. The van der Waals surface area contributed by atoms with Crippen molar-refractivity contribution in [1.82, 2.24) is 4.31 Å². The molecule has 120 valence electrons. The minimum absolute atomic E-state index is 0.0675. The molecule has 2 bridgehead atoms. The first-order chi connectivity index (χ1) is 10.2. The second-order valence-corrected chi connectivity index (χ2v) is 9.12. The molecule has 2 atom stereocenters. The third kappa shape index (κ3) is 2.65. The Hall–Kier alpha value is -1.40. The molecule has 0 radical (unpaired) electrons. The van der Waals surface area contributed by atoms with Crippen LogP contribution < -0.4 is 0 Å². The van der Waals surface area contributed by atoms with Crippen LogP contribution in [0.5, 0.6) is 0 Å². The van der Waals surface area contributed by atoms with Gasteiger partial charge in [0.15, 0.2) is 0 Å². The van der Waals surface area contributed by atoms with Crippen molar-refractivity contribution >= 4 is 16.0 Å². The van der Waals surface area contributed by atoms with E-state index >= 15 is 0 Å². The average molecular weight is 323 g/mol. The summed E-state index contributed by atoms with van der Waals surface area (Å²) in [6.07, 6.45) is 2.89. The Morgan fingerprint density at radius 1 is 1.23 bits per heavy atom. The van der Waals surface area contributed by atoms with E-state index in [1.165, 1.54) is 24.3 Å². The monoisotopic (exact) mass is 323 g/mol. The molecular formula is C16H21NO4S. The second-order valence-electron chi connectivity index (χ2n) is 7.23. The number of fused-ring (bicyclic) bond motifs is 2. The van der Waals surface area contributed by atoms with Gasteiger partial charge >= 0.3 is 5.97 Å². The van der Waals surface area contributed by atoms with E-state index in [1.807, 2.05) is 0 Å². The van der Waals surface area contributed by atoms with Crippen molar-refractivity contribution in [2.24, 2.45) is 11.3 Å². The molecule has 2 aliphatic rings. The number of benzene rings is 1. The predicted octanol–water partition coefficient (Wildman–Crippen LogP) is 2.58. The fourth-order valence-electron chi connectivity index (χ4n) is 4.02. The molecule has 1 aliphatic heterocycles. The van der Waals surface area contributed by atoms with Gasteiger partial charge in [0.25, 0.3) is 0 Å². The number of rotatable bonds is 3. The van der Waals surface area contributed by atoms with Gasteiger partial charge in [-0.2, -0.15) is 4.31 Å². The molecule has 22 heavy (non-hydrogen) atoms. The summed E-state index contributed by atoms with van der Waals surface area (Å²) in [5.74, 6) is -0.621. The van der Waals surface area contributed by atoms with Crippen molar-refractivity contribution < 1.29 is 18.3 Å². The highest BCUT2D eigenvalue weighted by molar-refractivity contribution is 7.89. The minimum atomic E-state index is -3.55. The van der Waals surface area contributed by atoms with Gasteiger partial charge in [-0.1, -0.05) is 13.8 Å². The average Bonchev–Trinajstić information content (AvgIpc) is 2.74. The van der Waals surface area contributed by atoms with Crippen LogP contribution in [0.15, 0.2) is 29.2 Å². The van der Waals surface area contributed by atoms with Gasteiger partial charge < -0.3 is 5.11 Å². The van der Waals surface area contributed by atoms with Gasteiger partial charge in [-0.3, -0.25) is 0 Å². The molecule has 1 aromatic rings. The van der Waals surface area contributed by atoms with Crippen LogP contribution in [0.25, 0.3) is 0 Å². The molecule has 0 unspecified atom stereocenters. The van der Waals surface area contributed by atoms with Gasteiger partial charge in [0.2, 0.25) is 10.0 Å². The van der Waals surface area contributed by atoms with Gasteiger partial charge in [0.1, 0.15) is 0 Å². The molecular weight excluding hydrogens is 302 g/mol. The quantitative estimate of drug-likeness (QED) is 0.928. The van der Waals surface area contributed by atoms with E-state index in [-0.39, 0.29) is 21.9 Å². The number of hydrogen-bond donors (Lipinski definition) is 1. The van der Waals surface area contributed by atoms with Crippen molar-refractivity contribution in [3.8, 4) is 0 Å². The minimum Gasteiger partial charge on any atom is -0.478 e. The molecule has 1 heterocycles. The lowest BCUT2D eigenvalue weighted by molar-refractivity contribution is 0.0696. The Morgan fingerprint density at radius 3 is 2.45 bits per heavy atom. The van der Waals surface area contributed by atoms with Gasteiger partial charge in [-0.05, 0) is 54.9 Å². The Balaban J connectivity index is 1.89. The fraction of sp³-hybridized carbons (Fsp3) is 0.562. The summed E-state index contributed by atoms with van der Waals surface area (Å²) in [6, 6.07) is 5.55. The van der Waals surface area contributed by atoms with Gasteiger partial charge in [0.05, 0.1) is 10.5 Å². The Labute approximate surface area is 131 Å². The Bertz CT molecular complexity index is 693. The van der Waals surface area contributed by atoms with Crippen LogP contribution in [-0.2, 0) is 10.0 Å². The fourth-order valence-corrected chi connectivity index (χ4v) is 5.73. The highest BCUT2D eigenvalue weighted by atomic mass is 32.2. The molecule has 1 saturated carbocycles. The summed E-state index contributed by atoms with van der Waals surface area (Å²) in [5, 5.41) is 8.91. The maximum atomic E-state index is 12.8. The molecule has 0 amide bonds. The van der Waals surface area contributed by atoms with Crippen LogP contribution in [0.4, 0.5) is 0 Å². The zero-order valence-corrected chi connectivity index (χ0v) is 13.6. The molecule has 2 fully saturated rings. The van der Waals surface area contributed by atoms with Crippen LogP contribution in [-0.4, -0.2) is 36.4 Å². The Kier molecular flexibility index (Phi) is 3.57. The highest BCUT2D eigenvalue weighted by Gasteiger charge is 2.47. The zero-order chi connectivity index (χ0) is 16.1. The molecule has 1 N–H and O–H groups in total. The standard InChI is InChI=1S/C16H21NO4S/c1-16(2)8-11-7-13(9-16)17(10-11)22(20,21)14-5-3-12(4-6-14)15(18)19/h3-6,11,13H,7-10H2,1-2H3,(H,18,19)/t11-,13-/m1/s1. The first kappa shape index (κ1) is 15.5. The van der Waals surface area contributed by atoms with E-state index in [1.54, 1.807) is 4.31 Å². The van der Waals surface area contributed by atoms with Gasteiger partial charge in [0, 0.05) is 12.6 Å². The second kappa shape index (κ2) is 5.06. The highest BCUT2D eigenvalue weighted by Crippen LogP contribution is 2.46. The number of carboxylic acids is 1. The van der Waals surface area contributed by atoms with Crippen molar-refractivity contribution in [1.29, 1.82) is 0 Å². The molecule has 0 aromatic heterocycles. The first-order valence-electron chi connectivity index (χ1n) is 7.54. The molecule has 5 nitrogen and oxygen atoms in total. The summed E-state index contributed by atoms with van der Waals surface area (Å²) < 4.78 is 27.3. The van der Waals surface area contributed by atoms with E-state index in [9.17, 15) is 13.2 Å². The molecule has 3 rings (SSSR count). The number of carbonyl (C=O) groups is 1. The summed E-state index contributed by atoms with van der Waals surface area (Å²) in [5.41, 5.74) is 0.283. The maximum Gasteiger partial charge on any atom is 0.335 e.